The molecule has 4 nitrogen and oxygen atoms in total. The first-order chi connectivity index (χ1) is 8.90. The Balaban J connectivity index is 2.53. The normalized spacial score (nSPS) is 10.3. The molecule has 102 valence electrons. The highest BCUT2D eigenvalue weighted by Gasteiger charge is 2.16. The molecule has 1 aromatic carbocycles. The van der Waals surface area contributed by atoms with Crippen molar-refractivity contribution in [2.75, 3.05) is 6.61 Å². The zero-order chi connectivity index (χ0) is 14.3. The van der Waals surface area contributed by atoms with Gasteiger partial charge in [0, 0.05) is 12.5 Å². The van der Waals surface area contributed by atoms with Gasteiger partial charge in [0.1, 0.15) is 11.4 Å². The van der Waals surface area contributed by atoms with Gasteiger partial charge in [-0.25, -0.2) is 4.79 Å². The van der Waals surface area contributed by atoms with Crippen LogP contribution in [0.15, 0.2) is 24.3 Å². The van der Waals surface area contributed by atoms with Crippen molar-refractivity contribution in [3.8, 4) is 17.7 Å². The van der Waals surface area contributed by atoms with E-state index in [1.165, 1.54) is 0 Å². The molecule has 2 N–H and O–H groups in total. The maximum atomic E-state index is 11.5. The molecule has 0 bridgehead atoms. The summed E-state index contributed by atoms with van der Waals surface area (Å²) < 4.78 is 10.5. The van der Waals surface area contributed by atoms with Gasteiger partial charge in [-0.2, -0.15) is 0 Å². The zero-order valence-electron chi connectivity index (χ0n) is 11.5. The Labute approximate surface area is 113 Å². The first-order valence-corrected chi connectivity index (χ1v) is 6.03. The number of hydrogen-bond acceptors (Lipinski definition) is 4. The van der Waals surface area contributed by atoms with E-state index in [9.17, 15) is 4.79 Å². The molecular weight excluding hydrogens is 242 g/mol. The maximum absolute atomic E-state index is 11.5. The molecule has 0 saturated carbocycles. The molecule has 0 radical (unpaired) electrons. The molecule has 1 rings (SSSR count). The average molecular weight is 261 g/mol. The topological polar surface area (TPSA) is 61.5 Å². The molecule has 4 heteroatoms. The predicted molar refractivity (Wildman–Crippen MR) is 73.4 cm³/mol. The van der Waals surface area contributed by atoms with Gasteiger partial charge >= 0.3 is 5.97 Å². The van der Waals surface area contributed by atoms with Gasteiger partial charge in [0.05, 0.1) is 0 Å². The number of carbonyl (C=O) groups is 1. The number of rotatable bonds is 4. The largest absolute Gasteiger partial charge is 0.482 e. The molecule has 1 aromatic rings. The highest BCUT2D eigenvalue weighted by molar-refractivity contribution is 5.71. The van der Waals surface area contributed by atoms with Gasteiger partial charge < -0.3 is 15.2 Å². The summed E-state index contributed by atoms with van der Waals surface area (Å²) in [7, 11) is 0. The number of carbonyl (C=O) groups excluding carboxylic acids is 1. The lowest BCUT2D eigenvalue weighted by molar-refractivity contribution is -0.157. The Morgan fingerprint density at radius 3 is 2.74 bits per heavy atom. The minimum atomic E-state index is -0.501. The van der Waals surface area contributed by atoms with Crippen molar-refractivity contribution in [2.45, 2.75) is 32.8 Å². The first-order valence-electron chi connectivity index (χ1n) is 6.03. The van der Waals surface area contributed by atoms with Crippen molar-refractivity contribution in [1.82, 2.24) is 0 Å². The Morgan fingerprint density at radius 2 is 2.11 bits per heavy atom. The molecule has 0 aromatic heterocycles. The van der Waals surface area contributed by atoms with Crippen LogP contribution in [0.4, 0.5) is 0 Å². The molecule has 0 saturated heterocycles. The number of esters is 1. The average Bonchev–Trinajstić information content (AvgIpc) is 2.32. The lowest BCUT2D eigenvalue weighted by atomic mass is 10.1. The fourth-order valence-corrected chi connectivity index (χ4v) is 1.41. The summed E-state index contributed by atoms with van der Waals surface area (Å²) in [5, 5.41) is 0. The number of nitrogens with two attached hydrogens (primary N) is 1. The molecule has 0 aliphatic heterocycles. The summed E-state index contributed by atoms with van der Waals surface area (Å²) in [5.41, 5.74) is 5.60. The lowest BCUT2D eigenvalue weighted by Crippen LogP contribution is -2.27. The monoisotopic (exact) mass is 261 g/mol. The van der Waals surface area contributed by atoms with E-state index in [-0.39, 0.29) is 12.6 Å². The van der Waals surface area contributed by atoms with Gasteiger partial charge in [0.25, 0.3) is 0 Å². The molecule has 0 spiro atoms. The Kier molecular flexibility index (Phi) is 5.25. The quantitative estimate of drug-likeness (QED) is 0.510. The minimum Gasteiger partial charge on any atom is -0.482 e. The number of hydrogen-bond donors (Lipinski definition) is 1. The molecule has 0 unspecified atom stereocenters. The van der Waals surface area contributed by atoms with E-state index in [2.05, 4.69) is 12.0 Å². The molecule has 0 aliphatic rings. The molecule has 0 fully saturated rings. The molecule has 0 heterocycles. The maximum Gasteiger partial charge on any atom is 0.344 e. The Bertz CT molecular complexity index is 492. The first kappa shape index (κ1) is 14.9. The smallest absolute Gasteiger partial charge is 0.344 e. The van der Waals surface area contributed by atoms with Crippen LogP contribution in [0.3, 0.4) is 0 Å². The standard InChI is InChI=1S/C15H19NO3/c1-15(2,3)19-14(17)11-18-13-8-4-6-12(10-13)7-5-9-16/h4,6,8,10H,7,11,16H2,1-3H3. The van der Waals surface area contributed by atoms with E-state index in [0.717, 1.165) is 5.56 Å². The van der Waals surface area contributed by atoms with Crippen LogP contribution >= 0.6 is 0 Å². The van der Waals surface area contributed by atoms with Crippen LogP contribution < -0.4 is 10.5 Å². The van der Waals surface area contributed by atoms with Crippen LogP contribution in [0.1, 0.15) is 26.3 Å². The van der Waals surface area contributed by atoms with E-state index in [1.54, 1.807) is 6.07 Å². The second kappa shape index (κ2) is 6.69. The lowest BCUT2D eigenvalue weighted by Gasteiger charge is -2.19. The molecule has 0 atom stereocenters. The zero-order valence-corrected chi connectivity index (χ0v) is 11.5. The fraction of sp³-hybridized carbons (Fsp3) is 0.400. The second-order valence-electron chi connectivity index (χ2n) is 5.02. The Morgan fingerprint density at radius 1 is 1.37 bits per heavy atom. The van der Waals surface area contributed by atoms with Crippen LogP contribution in [-0.4, -0.2) is 18.2 Å². The molecule has 0 amide bonds. The highest BCUT2D eigenvalue weighted by Crippen LogP contribution is 2.14. The minimum absolute atomic E-state index is 0.108. The van der Waals surface area contributed by atoms with Gasteiger partial charge in [-0.05, 0) is 38.5 Å². The van der Waals surface area contributed by atoms with Gasteiger partial charge in [-0.15, -0.1) is 0 Å². The summed E-state index contributed by atoms with van der Waals surface area (Å²) in [4.78, 5) is 11.5. The van der Waals surface area contributed by atoms with Crippen molar-refractivity contribution in [1.29, 1.82) is 0 Å². The van der Waals surface area contributed by atoms with E-state index in [0.29, 0.717) is 12.2 Å². The summed E-state index contributed by atoms with van der Waals surface area (Å²) in [6.07, 6.45) is 0.556. The van der Waals surface area contributed by atoms with Gasteiger partial charge in [0.2, 0.25) is 0 Å². The molecule has 0 aliphatic carbocycles. The van der Waals surface area contributed by atoms with Gasteiger partial charge in [-0.1, -0.05) is 18.1 Å². The summed E-state index contributed by atoms with van der Waals surface area (Å²) in [6, 6.07) is 9.72. The number of ether oxygens (including phenoxy) is 2. The number of benzene rings is 1. The van der Waals surface area contributed by atoms with Gasteiger partial charge in [0.15, 0.2) is 6.61 Å². The molecule has 19 heavy (non-hydrogen) atoms. The summed E-state index contributed by atoms with van der Waals surface area (Å²) in [5.74, 6) is 2.99. The molecular formula is C15H19NO3. The van der Waals surface area contributed by atoms with E-state index in [1.807, 2.05) is 39.0 Å². The van der Waals surface area contributed by atoms with Crippen LogP contribution in [0, 0.1) is 12.0 Å². The van der Waals surface area contributed by atoms with Crippen LogP contribution in [0.25, 0.3) is 0 Å². The van der Waals surface area contributed by atoms with Crippen molar-refractivity contribution >= 4 is 5.97 Å². The van der Waals surface area contributed by atoms with E-state index < -0.39 is 5.60 Å². The van der Waals surface area contributed by atoms with E-state index >= 15 is 0 Å². The second-order valence-corrected chi connectivity index (χ2v) is 5.02. The van der Waals surface area contributed by atoms with Crippen LogP contribution in [0.5, 0.6) is 5.75 Å². The van der Waals surface area contributed by atoms with Crippen molar-refractivity contribution < 1.29 is 14.3 Å². The van der Waals surface area contributed by atoms with E-state index in [4.69, 9.17) is 15.2 Å². The summed E-state index contributed by atoms with van der Waals surface area (Å²) in [6.45, 7) is 5.34. The van der Waals surface area contributed by atoms with Crippen molar-refractivity contribution in [3.63, 3.8) is 0 Å². The summed E-state index contributed by atoms with van der Waals surface area (Å²) >= 11 is 0. The fourth-order valence-electron chi connectivity index (χ4n) is 1.41. The Hall–Kier alpha value is -2.15. The highest BCUT2D eigenvalue weighted by atomic mass is 16.6. The van der Waals surface area contributed by atoms with Crippen LogP contribution in [-0.2, 0) is 16.0 Å². The van der Waals surface area contributed by atoms with Gasteiger partial charge in [-0.3, -0.25) is 0 Å². The third kappa shape index (κ3) is 6.37. The third-order valence-corrected chi connectivity index (χ3v) is 2.07. The van der Waals surface area contributed by atoms with Crippen LogP contribution in [0.2, 0.25) is 0 Å². The predicted octanol–water partition coefficient (Wildman–Crippen LogP) is 1.87. The third-order valence-electron chi connectivity index (χ3n) is 2.07. The SMILES string of the molecule is CC(C)(C)OC(=O)COc1cccc(CC#CN)c1. The van der Waals surface area contributed by atoms with Crippen molar-refractivity contribution in [2.24, 2.45) is 5.73 Å². The van der Waals surface area contributed by atoms with Crippen molar-refractivity contribution in [3.05, 3.63) is 29.8 Å².